The molecule has 0 aliphatic carbocycles. The van der Waals surface area contributed by atoms with Crippen molar-refractivity contribution in [3.05, 3.63) is 12.2 Å². The normalized spacial score (nSPS) is 18.0. The Kier molecular flexibility index (Phi) is 5.76. The van der Waals surface area contributed by atoms with Crippen LogP contribution in [0.2, 0.25) is 0 Å². The first kappa shape index (κ1) is 11.5. The number of carbonyl (C=O) groups is 1. The van der Waals surface area contributed by atoms with E-state index in [1.165, 1.54) is 18.9 Å². The van der Waals surface area contributed by atoms with Crippen LogP contribution in [0.1, 0.15) is 12.8 Å². The third-order valence-corrected chi connectivity index (χ3v) is 1.82. The maximum atomic E-state index is 10.1. The van der Waals surface area contributed by atoms with E-state index < -0.39 is 5.97 Å². The first-order chi connectivity index (χ1) is 5.29. The average molecular weight is 192 g/mol. The Labute approximate surface area is 78.5 Å². The molecule has 0 atom stereocenters. The molecule has 3 nitrogen and oxygen atoms in total. The molecule has 1 rings (SSSR count). The second-order valence-electron chi connectivity index (χ2n) is 2.75. The molecule has 0 aromatic carbocycles. The summed E-state index contributed by atoms with van der Waals surface area (Å²) in [6.45, 7) is 3.01. The van der Waals surface area contributed by atoms with Gasteiger partial charge in [0.1, 0.15) is 0 Å². The van der Waals surface area contributed by atoms with Crippen molar-refractivity contribution >= 4 is 18.4 Å². The van der Waals surface area contributed by atoms with Crippen molar-refractivity contribution in [2.75, 3.05) is 19.6 Å². The van der Waals surface area contributed by atoms with Crippen molar-refractivity contribution in [3.63, 3.8) is 0 Å². The number of nitrogens with zero attached hydrogens (tertiary/aromatic N) is 1. The fourth-order valence-electron chi connectivity index (χ4n) is 1.27. The smallest absolute Gasteiger partial charge is 0.328 e. The van der Waals surface area contributed by atoms with Crippen LogP contribution < -0.4 is 0 Å². The summed E-state index contributed by atoms with van der Waals surface area (Å²) in [7, 11) is 0. The van der Waals surface area contributed by atoms with Crippen molar-refractivity contribution < 1.29 is 9.90 Å². The van der Waals surface area contributed by atoms with Gasteiger partial charge in [-0.05, 0) is 25.9 Å². The van der Waals surface area contributed by atoms with Crippen LogP contribution >= 0.6 is 12.4 Å². The lowest BCUT2D eigenvalue weighted by atomic mass is 10.4. The predicted molar refractivity (Wildman–Crippen MR) is 49.7 cm³/mol. The summed E-state index contributed by atoms with van der Waals surface area (Å²) in [6.07, 6.45) is 5.41. The third-order valence-electron chi connectivity index (χ3n) is 1.82. The van der Waals surface area contributed by atoms with Crippen LogP contribution in [-0.4, -0.2) is 35.6 Å². The molecule has 1 N–H and O–H groups in total. The van der Waals surface area contributed by atoms with Gasteiger partial charge < -0.3 is 5.11 Å². The van der Waals surface area contributed by atoms with E-state index in [9.17, 15) is 4.79 Å². The number of aliphatic carboxylic acids is 1. The maximum absolute atomic E-state index is 10.1. The Morgan fingerprint density at radius 1 is 1.42 bits per heavy atom. The lowest BCUT2D eigenvalue weighted by molar-refractivity contribution is -0.131. The summed E-state index contributed by atoms with van der Waals surface area (Å²) in [5, 5.41) is 8.28. The van der Waals surface area contributed by atoms with Crippen LogP contribution in [0.15, 0.2) is 12.2 Å². The van der Waals surface area contributed by atoms with Gasteiger partial charge in [0.05, 0.1) is 0 Å². The minimum absolute atomic E-state index is 0. The van der Waals surface area contributed by atoms with Gasteiger partial charge in [-0.1, -0.05) is 6.08 Å². The van der Waals surface area contributed by atoms with Crippen molar-refractivity contribution in [2.45, 2.75) is 12.8 Å². The van der Waals surface area contributed by atoms with Gasteiger partial charge in [-0.15, -0.1) is 12.4 Å². The molecule has 1 heterocycles. The zero-order chi connectivity index (χ0) is 8.10. The van der Waals surface area contributed by atoms with E-state index in [0.717, 1.165) is 19.6 Å². The van der Waals surface area contributed by atoms with E-state index in [-0.39, 0.29) is 12.4 Å². The Morgan fingerprint density at radius 3 is 2.50 bits per heavy atom. The number of carboxylic acid groups (broad SMARTS) is 1. The second-order valence-corrected chi connectivity index (χ2v) is 2.75. The van der Waals surface area contributed by atoms with Gasteiger partial charge in [-0.25, -0.2) is 4.79 Å². The molecule has 12 heavy (non-hydrogen) atoms. The molecule has 1 fully saturated rings. The van der Waals surface area contributed by atoms with E-state index >= 15 is 0 Å². The van der Waals surface area contributed by atoms with Gasteiger partial charge in [0.25, 0.3) is 0 Å². The Morgan fingerprint density at radius 2 is 2.00 bits per heavy atom. The van der Waals surface area contributed by atoms with Gasteiger partial charge in [-0.2, -0.15) is 0 Å². The Balaban J connectivity index is 0.00000121. The number of halogens is 1. The second kappa shape index (κ2) is 6.03. The summed E-state index contributed by atoms with van der Waals surface area (Å²) in [4.78, 5) is 12.3. The van der Waals surface area contributed by atoms with Crippen LogP contribution in [0.3, 0.4) is 0 Å². The summed E-state index contributed by atoms with van der Waals surface area (Å²) >= 11 is 0. The molecule has 0 saturated carbocycles. The monoisotopic (exact) mass is 191 g/mol. The number of hydrogen-bond acceptors (Lipinski definition) is 2. The summed E-state index contributed by atoms with van der Waals surface area (Å²) < 4.78 is 0. The Hall–Kier alpha value is -0.540. The van der Waals surface area contributed by atoms with E-state index in [0.29, 0.717) is 0 Å². The molecule has 1 saturated heterocycles. The van der Waals surface area contributed by atoms with Crippen LogP contribution in [0, 0.1) is 0 Å². The molecule has 0 aromatic rings. The highest BCUT2D eigenvalue weighted by molar-refractivity contribution is 5.85. The molecular formula is C8H14ClNO2. The molecule has 0 aromatic heterocycles. The molecule has 0 spiro atoms. The molecule has 0 amide bonds. The molecule has 0 unspecified atom stereocenters. The van der Waals surface area contributed by atoms with Crippen LogP contribution in [-0.2, 0) is 4.79 Å². The van der Waals surface area contributed by atoms with Crippen LogP contribution in [0.5, 0.6) is 0 Å². The standard InChI is InChI=1S/C8H13NO2.ClH/c10-8(11)4-3-7-9-5-1-2-6-9;/h3-4H,1-2,5-7H2,(H,10,11);1H. The highest BCUT2D eigenvalue weighted by atomic mass is 35.5. The van der Waals surface area contributed by atoms with E-state index in [2.05, 4.69) is 4.90 Å². The van der Waals surface area contributed by atoms with E-state index in [1.54, 1.807) is 6.08 Å². The molecule has 1 aliphatic heterocycles. The van der Waals surface area contributed by atoms with Crippen LogP contribution in [0.25, 0.3) is 0 Å². The minimum Gasteiger partial charge on any atom is -0.478 e. The SMILES string of the molecule is Cl.O=C(O)C=CCN1CCCC1. The number of likely N-dealkylation sites (tertiary alicyclic amines) is 1. The fourth-order valence-corrected chi connectivity index (χ4v) is 1.27. The van der Waals surface area contributed by atoms with Crippen molar-refractivity contribution in [3.8, 4) is 0 Å². The summed E-state index contributed by atoms with van der Waals surface area (Å²) in [5.74, 6) is -0.857. The Bertz CT molecular complexity index is 164. The average Bonchev–Trinajstić information content (AvgIpc) is 2.39. The zero-order valence-electron chi connectivity index (χ0n) is 6.90. The number of rotatable bonds is 3. The van der Waals surface area contributed by atoms with Gasteiger partial charge in [0.15, 0.2) is 0 Å². The lowest BCUT2D eigenvalue weighted by Gasteiger charge is -2.09. The van der Waals surface area contributed by atoms with Crippen molar-refractivity contribution in [1.29, 1.82) is 0 Å². The minimum atomic E-state index is -0.857. The highest BCUT2D eigenvalue weighted by Gasteiger charge is 2.08. The molecular weight excluding hydrogens is 178 g/mol. The van der Waals surface area contributed by atoms with E-state index in [4.69, 9.17) is 5.11 Å². The highest BCUT2D eigenvalue weighted by Crippen LogP contribution is 2.05. The first-order valence-electron chi connectivity index (χ1n) is 3.91. The molecule has 1 aliphatic rings. The lowest BCUT2D eigenvalue weighted by Crippen LogP contribution is -2.18. The number of hydrogen-bond donors (Lipinski definition) is 1. The predicted octanol–water partition coefficient (Wildman–Crippen LogP) is 1.14. The van der Waals surface area contributed by atoms with Gasteiger partial charge in [0, 0.05) is 12.6 Å². The zero-order valence-corrected chi connectivity index (χ0v) is 7.72. The largest absolute Gasteiger partial charge is 0.478 e. The maximum Gasteiger partial charge on any atom is 0.328 e. The molecule has 4 heteroatoms. The third kappa shape index (κ3) is 4.36. The molecule has 0 radical (unpaired) electrons. The van der Waals surface area contributed by atoms with Crippen molar-refractivity contribution in [2.24, 2.45) is 0 Å². The van der Waals surface area contributed by atoms with Gasteiger partial charge in [0.2, 0.25) is 0 Å². The van der Waals surface area contributed by atoms with Crippen LogP contribution in [0.4, 0.5) is 0 Å². The summed E-state index contributed by atoms with van der Waals surface area (Å²) in [5.41, 5.74) is 0. The molecule has 0 bridgehead atoms. The van der Waals surface area contributed by atoms with Gasteiger partial charge >= 0.3 is 5.97 Å². The van der Waals surface area contributed by atoms with Gasteiger partial charge in [-0.3, -0.25) is 4.90 Å². The van der Waals surface area contributed by atoms with E-state index in [1.807, 2.05) is 0 Å². The quantitative estimate of drug-likeness (QED) is 0.681. The molecule has 70 valence electrons. The van der Waals surface area contributed by atoms with Crippen molar-refractivity contribution in [1.82, 2.24) is 4.90 Å². The first-order valence-corrected chi connectivity index (χ1v) is 3.91. The number of carboxylic acids is 1. The topological polar surface area (TPSA) is 40.5 Å². The fraction of sp³-hybridized carbons (Fsp3) is 0.625. The summed E-state index contributed by atoms with van der Waals surface area (Å²) in [6, 6.07) is 0.